The Hall–Kier alpha value is -2.39. The quantitative estimate of drug-likeness (QED) is 0.750. The maximum atomic E-state index is 12.6. The number of hydrogen-bond donors (Lipinski definition) is 1. The van der Waals surface area contributed by atoms with Gasteiger partial charge in [0.05, 0.1) is 4.90 Å². The third kappa shape index (κ3) is 5.80. The van der Waals surface area contributed by atoms with E-state index >= 15 is 0 Å². The van der Waals surface area contributed by atoms with E-state index in [0.717, 1.165) is 11.6 Å². The second-order valence-corrected chi connectivity index (χ2v) is 7.93. The lowest BCUT2D eigenvalue weighted by Gasteiger charge is -2.22. The van der Waals surface area contributed by atoms with Crippen LogP contribution in [0.5, 0.6) is 0 Å². The minimum absolute atomic E-state index is 0.124. The minimum Gasteiger partial charge on any atom is -0.330 e. The predicted molar refractivity (Wildman–Crippen MR) is 99.3 cm³/mol. The van der Waals surface area contributed by atoms with Crippen molar-refractivity contribution in [3.8, 4) is 0 Å². The Morgan fingerprint density at radius 3 is 2.32 bits per heavy atom. The first kappa shape index (κ1) is 21.9. The number of hydrogen-bond acceptors (Lipinski definition) is 3. The van der Waals surface area contributed by atoms with Crippen molar-refractivity contribution in [3.63, 3.8) is 0 Å². The van der Waals surface area contributed by atoms with Gasteiger partial charge in [0.15, 0.2) is 0 Å². The molecule has 2 aromatic carbocycles. The third-order valence-corrected chi connectivity index (χ3v) is 5.60. The number of benzene rings is 2. The van der Waals surface area contributed by atoms with Crippen molar-refractivity contribution >= 4 is 15.9 Å². The van der Waals surface area contributed by atoms with Crippen LogP contribution in [0.3, 0.4) is 0 Å². The molecular weight excluding hydrogens is 393 g/mol. The number of sulfonamides is 1. The molecule has 0 aliphatic heterocycles. The SMILES string of the molecule is CCN(CC(F)(F)F)C(=O)c1cccc(S(=O)(=O)NC(C)c2ccccc2)c1. The molecule has 0 spiro atoms. The fourth-order valence-electron chi connectivity index (χ4n) is 2.63. The van der Waals surface area contributed by atoms with Crippen LogP contribution in [0.2, 0.25) is 0 Å². The van der Waals surface area contributed by atoms with E-state index in [1.165, 1.54) is 25.1 Å². The number of carbonyl (C=O) groups is 1. The first-order chi connectivity index (χ1) is 13.0. The number of halogens is 3. The number of alkyl halides is 3. The zero-order valence-corrected chi connectivity index (χ0v) is 16.2. The van der Waals surface area contributed by atoms with Crippen molar-refractivity contribution in [2.75, 3.05) is 13.1 Å². The van der Waals surface area contributed by atoms with Crippen LogP contribution in [0.25, 0.3) is 0 Å². The van der Waals surface area contributed by atoms with Gasteiger partial charge in [0, 0.05) is 18.2 Å². The van der Waals surface area contributed by atoms with Crippen LogP contribution in [0, 0.1) is 0 Å². The van der Waals surface area contributed by atoms with Gasteiger partial charge in [-0.25, -0.2) is 13.1 Å². The molecule has 1 atom stereocenters. The molecule has 1 unspecified atom stereocenters. The minimum atomic E-state index is -4.54. The van der Waals surface area contributed by atoms with E-state index in [4.69, 9.17) is 0 Å². The largest absolute Gasteiger partial charge is 0.406 e. The second kappa shape index (κ2) is 8.74. The van der Waals surface area contributed by atoms with Crippen LogP contribution in [-0.2, 0) is 10.0 Å². The highest BCUT2D eigenvalue weighted by Gasteiger charge is 2.33. The molecule has 0 radical (unpaired) electrons. The van der Waals surface area contributed by atoms with Crippen LogP contribution < -0.4 is 4.72 Å². The predicted octanol–water partition coefficient (Wildman–Crippen LogP) is 3.75. The van der Waals surface area contributed by atoms with Gasteiger partial charge in [-0.05, 0) is 37.6 Å². The Morgan fingerprint density at radius 2 is 1.75 bits per heavy atom. The van der Waals surface area contributed by atoms with Gasteiger partial charge in [-0.3, -0.25) is 4.79 Å². The standard InChI is InChI=1S/C19H21F3N2O3S/c1-3-24(13-19(20,21)22)18(25)16-10-7-11-17(12-16)28(26,27)23-14(2)15-8-5-4-6-9-15/h4-12,14,23H,3,13H2,1-2H3. The molecule has 1 amide bonds. The molecular formula is C19H21F3N2O3S. The molecule has 2 rings (SSSR count). The molecule has 0 aliphatic rings. The average molecular weight is 414 g/mol. The van der Waals surface area contributed by atoms with E-state index in [1.54, 1.807) is 37.3 Å². The summed E-state index contributed by atoms with van der Waals surface area (Å²) in [7, 11) is -3.97. The van der Waals surface area contributed by atoms with E-state index in [1.807, 2.05) is 0 Å². The topological polar surface area (TPSA) is 66.5 Å². The van der Waals surface area contributed by atoms with Crippen LogP contribution in [0.1, 0.15) is 35.8 Å². The summed E-state index contributed by atoms with van der Waals surface area (Å²) in [5, 5.41) is 0. The van der Waals surface area contributed by atoms with Gasteiger partial charge in [-0.15, -0.1) is 0 Å². The van der Waals surface area contributed by atoms with Crippen molar-refractivity contribution in [1.29, 1.82) is 0 Å². The lowest BCUT2D eigenvalue weighted by molar-refractivity contribution is -0.140. The number of carbonyl (C=O) groups excluding carboxylic acids is 1. The molecule has 0 saturated carbocycles. The molecule has 0 heterocycles. The molecule has 28 heavy (non-hydrogen) atoms. The highest BCUT2D eigenvalue weighted by Crippen LogP contribution is 2.21. The molecule has 1 N–H and O–H groups in total. The Bertz CT molecular complexity index is 916. The normalized spacial score (nSPS) is 13.2. The summed E-state index contributed by atoms with van der Waals surface area (Å²) in [5.41, 5.74) is 0.627. The Kier molecular flexibility index (Phi) is 6.84. The molecule has 9 heteroatoms. The number of nitrogens with zero attached hydrogens (tertiary/aromatic N) is 1. The summed E-state index contributed by atoms with van der Waals surface area (Å²) in [5.74, 6) is -0.881. The van der Waals surface area contributed by atoms with E-state index in [-0.39, 0.29) is 17.0 Å². The van der Waals surface area contributed by atoms with E-state index in [2.05, 4.69) is 4.72 Å². The lowest BCUT2D eigenvalue weighted by atomic mass is 10.1. The number of rotatable bonds is 7. The fraction of sp³-hybridized carbons (Fsp3) is 0.316. The summed E-state index contributed by atoms with van der Waals surface area (Å²) in [6.07, 6.45) is -4.54. The summed E-state index contributed by atoms with van der Waals surface area (Å²) >= 11 is 0. The van der Waals surface area contributed by atoms with Gasteiger partial charge in [0.1, 0.15) is 6.54 Å². The van der Waals surface area contributed by atoms with Gasteiger partial charge in [0.25, 0.3) is 5.91 Å². The van der Waals surface area contributed by atoms with Crippen molar-refractivity contribution in [3.05, 3.63) is 65.7 Å². The van der Waals surface area contributed by atoms with Crippen LogP contribution >= 0.6 is 0 Å². The van der Waals surface area contributed by atoms with E-state index in [9.17, 15) is 26.4 Å². The third-order valence-electron chi connectivity index (χ3n) is 4.06. The summed E-state index contributed by atoms with van der Waals surface area (Å²) in [6, 6.07) is 13.4. The molecule has 0 aliphatic carbocycles. The van der Waals surface area contributed by atoms with E-state index in [0.29, 0.717) is 4.90 Å². The first-order valence-corrected chi connectivity index (χ1v) is 10.0. The van der Waals surface area contributed by atoms with Crippen molar-refractivity contribution < 1.29 is 26.4 Å². The molecule has 5 nitrogen and oxygen atoms in total. The smallest absolute Gasteiger partial charge is 0.330 e. The van der Waals surface area contributed by atoms with Gasteiger partial charge in [0.2, 0.25) is 10.0 Å². The Labute approximate surface area is 162 Å². The van der Waals surface area contributed by atoms with E-state index < -0.39 is 34.7 Å². The molecule has 0 bridgehead atoms. The lowest BCUT2D eigenvalue weighted by Crippen LogP contribution is -2.38. The second-order valence-electron chi connectivity index (χ2n) is 6.22. The Morgan fingerprint density at radius 1 is 1.11 bits per heavy atom. The first-order valence-electron chi connectivity index (χ1n) is 8.57. The average Bonchev–Trinajstić information content (AvgIpc) is 2.65. The van der Waals surface area contributed by atoms with Crippen molar-refractivity contribution in [1.82, 2.24) is 9.62 Å². The summed E-state index contributed by atoms with van der Waals surface area (Å²) in [6.45, 7) is 1.54. The Balaban J connectivity index is 2.24. The van der Waals surface area contributed by atoms with Crippen LogP contribution in [0.4, 0.5) is 13.2 Å². The van der Waals surface area contributed by atoms with Crippen LogP contribution in [-0.4, -0.2) is 38.5 Å². The van der Waals surface area contributed by atoms with Crippen molar-refractivity contribution in [2.24, 2.45) is 0 Å². The van der Waals surface area contributed by atoms with Crippen molar-refractivity contribution in [2.45, 2.75) is 31.0 Å². The van der Waals surface area contributed by atoms with Gasteiger partial charge in [-0.1, -0.05) is 36.4 Å². The number of nitrogens with one attached hydrogen (secondary N) is 1. The fourth-order valence-corrected chi connectivity index (χ4v) is 3.91. The molecule has 0 aromatic heterocycles. The molecule has 0 saturated heterocycles. The maximum absolute atomic E-state index is 12.6. The highest BCUT2D eigenvalue weighted by atomic mass is 32.2. The summed E-state index contributed by atoms with van der Waals surface area (Å²) < 4.78 is 65.7. The maximum Gasteiger partial charge on any atom is 0.406 e. The highest BCUT2D eigenvalue weighted by molar-refractivity contribution is 7.89. The monoisotopic (exact) mass is 414 g/mol. The molecule has 2 aromatic rings. The number of amides is 1. The van der Waals surface area contributed by atoms with Gasteiger partial charge >= 0.3 is 6.18 Å². The van der Waals surface area contributed by atoms with Gasteiger partial charge in [-0.2, -0.15) is 13.2 Å². The van der Waals surface area contributed by atoms with Crippen LogP contribution in [0.15, 0.2) is 59.5 Å². The summed E-state index contributed by atoms with van der Waals surface area (Å²) in [4.78, 5) is 12.8. The zero-order chi connectivity index (χ0) is 20.9. The molecule has 152 valence electrons. The molecule has 0 fully saturated rings. The zero-order valence-electron chi connectivity index (χ0n) is 15.4. The van der Waals surface area contributed by atoms with Gasteiger partial charge < -0.3 is 4.90 Å².